The molecule has 112 valence electrons. The first kappa shape index (κ1) is 14.6. The van der Waals surface area contributed by atoms with Gasteiger partial charge in [0.05, 0.1) is 6.61 Å². The van der Waals surface area contributed by atoms with Crippen molar-refractivity contribution in [1.29, 1.82) is 0 Å². The fourth-order valence-electron chi connectivity index (χ4n) is 2.58. The Labute approximate surface area is 131 Å². The van der Waals surface area contributed by atoms with Crippen molar-refractivity contribution in [2.75, 3.05) is 39.3 Å². The summed E-state index contributed by atoms with van der Waals surface area (Å²) >= 11 is 3.40. The Kier molecular flexibility index (Phi) is 4.28. The highest BCUT2D eigenvalue weighted by atomic mass is 79.9. The Hall–Kier alpha value is -1.37. The van der Waals surface area contributed by atoms with Crippen LogP contribution in [0.3, 0.4) is 0 Å². The lowest BCUT2D eigenvalue weighted by Gasteiger charge is -2.33. The van der Waals surface area contributed by atoms with Crippen molar-refractivity contribution in [3.8, 4) is 0 Å². The highest BCUT2D eigenvalue weighted by molar-refractivity contribution is 9.10. The molecule has 6 heteroatoms. The maximum Gasteiger partial charge on any atom is 0.289 e. The molecule has 1 saturated heterocycles. The highest BCUT2D eigenvalue weighted by Crippen LogP contribution is 2.24. The van der Waals surface area contributed by atoms with E-state index in [1.54, 1.807) is 11.0 Å². The summed E-state index contributed by atoms with van der Waals surface area (Å²) in [5.74, 6) is 0.324. The maximum absolute atomic E-state index is 12.5. The molecular formula is C15H17BrN2O3. The summed E-state index contributed by atoms with van der Waals surface area (Å²) in [6, 6.07) is 7.52. The first-order chi connectivity index (χ1) is 10.2. The van der Waals surface area contributed by atoms with Crippen LogP contribution in [0.2, 0.25) is 0 Å². The van der Waals surface area contributed by atoms with E-state index < -0.39 is 0 Å². The van der Waals surface area contributed by atoms with E-state index in [1.807, 2.05) is 18.2 Å². The molecule has 0 saturated carbocycles. The second kappa shape index (κ2) is 6.17. The van der Waals surface area contributed by atoms with E-state index in [0.29, 0.717) is 31.0 Å². The molecule has 0 aliphatic carbocycles. The maximum atomic E-state index is 12.5. The van der Waals surface area contributed by atoms with Gasteiger partial charge in [0.25, 0.3) is 5.91 Å². The number of rotatable bonds is 3. The van der Waals surface area contributed by atoms with Crippen molar-refractivity contribution < 1.29 is 14.3 Å². The zero-order valence-corrected chi connectivity index (χ0v) is 13.2. The zero-order chi connectivity index (χ0) is 14.8. The number of carbonyl (C=O) groups excluding carboxylic acids is 1. The predicted octanol–water partition coefficient (Wildman–Crippen LogP) is 1.95. The minimum Gasteiger partial charge on any atom is -0.451 e. The largest absolute Gasteiger partial charge is 0.451 e. The lowest BCUT2D eigenvalue weighted by Crippen LogP contribution is -2.49. The van der Waals surface area contributed by atoms with E-state index in [4.69, 9.17) is 9.52 Å². The smallest absolute Gasteiger partial charge is 0.289 e. The first-order valence-corrected chi connectivity index (χ1v) is 7.78. The van der Waals surface area contributed by atoms with Gasteiger partial charge in [-0.1, -0.05) is 15.9 Å². The van der Waals surface area contributed by atoms with Crippen molar-refractivity contribution in [3.63, 3.8) is 0 Å². The summed E-state index contributed by atoms with van der Waals surface area (Å²) in [4.78, 5) is 16.4. The van der Waals surface area contributed by atoms with Gasteiger partial charge in [0.1, 0.15) is 5.58 Å². The molecule has 1 aliphatic rings. The fourth-order valence-corrected chi connectivity index (χ4v) is 2.92. The van der Waals surface area contributed by atoms with Gasteiger partial charge < -0.3 is 14.4 Å². The number of hydrogen-bond acceptors (Lipinski definition) is 4. The second-order valence-electron chi connectivity index (χ2n) is 5.15. The SMILES string of the molecule is O=C(c1cc2ccc(Br)cc2o1)N1CCN(CCO)CC1. The molecule has 5 nitrogen and oxygen atoms in total. The Bertz CT molecular complexity index is 647. The van der Waals surface area contributed by atoms with Crippen LogP contribution in [-0.2, 0) is 0 Å². The number of β-amino-alcohol motifs (C(OH)–C–C–N with tert-alkyl or cyclic N) is 1. The summed E-state index contributed by atoms with van der Waals surface area (Å²) in [7, 11) is 0. The minimum atomic E-state index is -0.0639. The lowest BCUT2D eigenvalue weighted by atomic mass is 10.2. The van der Waals surface area contributed by atoms with E-state index >= 15 is 0 Å². The Morgan fingerprint density at radius 2 is 2.00 bits per heavy atom. The Balaban J connectivity index is 1.72. The van der Waals surface area contributed by atoms with E-state index in [1.165, 1.54) is 0 Å². The van der Waals surface area contributed by atoms with Crippen LogP contribution in [0.1, 0.15) is 10.6 Å². The number of carbonyl (C=O) groups is 1. The number of hydrogen-bond donors (Lipinski definition) is 1. The van der Waals surface area contributed by atoms with Gasteiger partial charge >= 0.3 is 0 Å². The summed E-state index contributed by atoms with van der Waals surface area (Å²) in [5.41, 5.74) is 0.714. The van der Waals surface area contributed by atoms with Crippen molar-refractivity contribution in [1.82, 2.24) is 9.80 Å². The van der Waals surface area contributed by atoms with Crippen LogP contribution in [0, 0.1) is 0 Å². The molecule has 3 rings (SSSR count). The predicted molar refractivity (Wildman–Crippen MR) is 83.3 cm³/mol. The van der Waals surface area contributed by atoms with Gasteiger partial charge in [-0.2, -0.15) is 0 Å². The average Bonchev–Trinajstić information content (AvgIpc) is 2.90. The van der Waals surface area contributed by atoms with Crippen molar-refractivity contribution >= 4 is 32.8 Å². The van der Waals surface area contributed by atoms with Crippen LogP contribution >= 0.6 is 15.9 Å². The van der Waals surface area contributed by atoms with Crippen LogP contribution in [0.15, 0.2) is 33.2 Å². The number of benzene rings is 1. The highest BCUT2D eigenvalue weighted by Gasteiger charge is 2.24. The van der Waals surface area contributed by atoms with E-state index in [2.05, 4.69) is 20.8 Å². The molecule has 2 heterocycles. The molecule has 1 aromatic heterocycles. The van der Waals surface area contributed by atoms with E-state index in [9.17, 15) is 4.79 Å². The average molecular weight is 353 g/mol. The fraction of sp³-hybridized carbons (Fsp3) is 0.400. The molecule has 1 fully saturated rings. The first-order valence-electron chi connectivity index (χ1n) is 6.99. The number of furan rings is 1. The number of fused-ring (bicyclic) bond motifs is 1. The lowest BCUT2D eigenvalue weighted by molar-refractivity contribution is 0.0587. The summed E-state index contributed by atoms with van der Waals surface area (Å²) in [5, 5.41) is 9.86. The molecular weight excluding hydrogens is 336 g/mol. The van der Waals surface area contributed by atoms with Gasteiger partial charge in [-0.3, -0.25) is 9.69 Å². The van der Waals surface area contributed by atoms with Crippen molar-refractivity contribution in [3.05, 3.63) is 34.5 Å². The molecule has 1 aliphatic heterocycles. The molecule has 1 aromatic carbocycles. The van der Waals surface area contributed by atoms with Crippen LogP contribution in [0.5, 0.6) is 0 Å². The third-order valence-electron chi connectivity index (χ3n) is 3.77. The molecule has 0 unspecified atom stereocenters. The monoisotopic (exact) mass is 352 g/mol. The molecule has 0 spiro atoms. The van der Waals surface area contributed by atoms with Crippen LogP contribution in [0.4, 0.5) is 0 Å². The minimum absolute atomic E-state index is 0.0639. The topological polar surface area (TPSA) is 56.9 Å². The second-order valence-corrected chi connectivity index (χ2v) is 6.07. The van der Waals surface area contributed by atoms with Gasteiger partial charge in [-0.05, 0) is 24.3 Å². The normalized spacial score (nSPS) is 16.6. The van der Waals surface area contributed by atoms with Crippen LogP contribution < -0.4 is 0 Å². The number of piperazine rings is 1. The summed E-state index contributed by atoms with van der Waals surface area (Å²) in [6.45, 7) is 3.74. The van der Waals surface area contributed by atoms with Gasteiger partial charge in [0.2, 0.25) is 0 Å². The molecule has 0 radical (unpaired) electrons. The van der Waals surface area contributed by atoms with Gasteiger partial charge in [-0.15, -0.1) is 0 Å². The van der Waals surface area contributed by atoms with Gasteiger partial charge in [0.15, 0.2) is 5.76 Å². The summed E-state index contributed by atoms with van der Waals surface area (Å²) < 4.78 is 6.59. The van der Waals surface area contributed by atoms with Crippen molar-refractivity contribution in [2.45, 2.75) is 0 Å². The van der Waals surface area contributed by atoms with Crippen molar-refractivity contribution in [2.24, 2.45) is 0 Å². The van der Waals surface area contributed by atoms with Crippen LogP contribution in [-0.4, -0.2) is 60.1 Å². The molecule has 1 N–H and O–H groups in total. The zero-order valence-electron chi connectivity index (χ0n) is 11.6. The number of aliphatic hydroxyl groups excluding tert-OH is 1. The van der Waals surface area contributed by atoms with Gasteiger partial charge in [-0.25, -0.2) is 0 Å². The third kappa shape index (κ3) is 3.12. The summed E-state index contributed by atoms with van der Waals surface area (Å²) in [6.07, 6.45) is 0. The molecule has 0 bridgehead atoms. The molecule has 2 aromatic rings. The number of halogens is 1. The standard InChI is InChI=1S/C15H17BrN2O3/c16-12-2-1-11-9-14(21-13(11)10-12)15(20)18-5-3-17(4-6-18)7-8-19/h1-2,9-10,19H,3-8H2. The number of amides is 1. The van der Waals surface area contributed by atoms with E-state index in [0.717, 1.165) is 22.9 Å². The Morgan fingerprint density at radius 3 is 2.71 bits per heavy atom. The number of nitrogens with zero attached hydrogens (tertiary/aromatic N) is 2. The quantitative estimate of drug-likeness (QED) is 0.917. The van der Waals surface area contributed by atoms with Gasteiger partial charge in [0, 0.05) is 42.6 Å². The number of aliphatic hydroxyl groups is 1. The molecule has 0 atom stereocenters. The Morgan fingerprint density at radius 1 is 1.24 bits per heavy atom. The third-order valence-corrected chi connectivity index (χ3v) is 4.26. The molecule has 1 amide bonds. The van der Waals surface area contributed by atoms with Crippen LogP contribution in [0.25, 0.3) is 11.0 Å². The van der Waals surface area contributed by atoms with E-state index in [-0.39, 0.29) is 12.5 Å². The molecule has 21 heavy (non-hydrogen) atoms.